The van der Waals surface area contributed by atoms with Gasteiger partial charge < -0.3 is 14.5 Å². The molecule has 4 rings (SSSR count). The van der Waals surface area contributed by atoms with Crippen molar-refractivity contribution in [1.82, 2.24) is 9.97 Å². The summed E-state index contributed by atoms with van der Waals surface area (Å²) in [5.41, 5.74) is 3.30. The number of benzene rings is 2. The average molecular weight is 278 g/mol. The van der Waals surface area contributed by atoms with Crippen LogP contribution in [-0.4, -0.2) is 15.1 Å². The molecule has 0 spiro atoms. The van der Waals surface area contributed by atoms with Crippen molar-refractivity contribution in [2.24, 2.45) is 0 Å². The van der Waals surface area contributed by atoms with E-state index in [2.05, 4.69) is 9.97 Å². The largest absolute Gasteiger partial charge is 0.508 e. The van der Waals surface area contributed by atoms with E-state index < -0.39 is 0 Å². The summed E-state index contributed by atoms with van der Waals surface area (Å²) in [5.74, 6) is 0.801. The first-order valence-corrected chi connectivity index (χ1v) is 6.51. The molecule has 0 saturated heterocycles. The van der Waals surface area contributed by atoms with Gasteiger partial charge in [-0.2, -0.15) is 0 Å². The van der Waals surface area contributed by atoms with Crippen LogP contribution in [0, 0.1) is 0 Å². The monoisotopic (exact) mass is 278 g/mol. The molecule has 0 bridgehead atoms. The molecule has 0 radical (unpaired) electrons. The molecule has 4 aromatic rings. The molecule has 0 aliphatic rings. The van der Waals surface area contributed by atoms with Gasteiger partial charge in [0.2, 0.25) is 0 Å². The van der Waals surface area contributed by atoms with Crippen molar-refractivity contribution in [1.29, 1.82) is 0 Å². The first kappa shape index (κ1) is 11.7. The average Bonchev–Trinajstić information content (AvgIpc) is 2.90. The zero-order valence-electron chi connectivity index (χ0n) is 11.0. The molecule has 0 amide bonds. The van der Waals surface area contributed by atoms with Gasteiger partial charge in [0.15, 0.2) is 0 Å². The van der Waals surface area contributed by atoms with Gasteiger partial charge in [-0.3, -0.25) is 0 Å². The Labute approximate surface area is 119 Å². The number of imidazole rings is 1. The Morgan fingerprint density at radius 3 is 2.81 bits per heavy atom. The highest BCUT2D eigenvalue weighted by atomic mass is 16.3. The second-order valence-corrected chi connectivity index (χ2v) is 4.85. The molecule has 2 heterocycles. The summed E-state index contributed by atoms with van der Waals surface area (Å²) < 4.78 is 5.58. The number of nitrogens with zero attached hydrogens (tertiary/aromatic N) is 1. The van der Waals surface area contributed by atoms with Crippen LogP contribution in [0.4, 0.5) is 0 Å². The molecule has 2 aromatic carbocycles. The SMILES string of the molecule is [NH2+]=c1oc2cc(O)ccc2cc1-c1nc2ccccc2[nH]1. The molecule has 4 N–H and O–H groups in total. The standard InChI is InChI=1S/C16H11N3O2/c17-15-11(7-9-5-6-10(20)8-14(9)21-15)16-18-12-3-1-2-4-13(12)19-16/h1-8,17,20H,(H,18,19)/p+1. The Bertz CT molecular complexity index is 997. The zero-order chi connectivity index (χ0) is 14.4. The van der Waals surface area contributed by atoms with E-state index in [1.165, 1.54) is 6.07 Å². The van der Waals surface area contributed by atoms with E-state index in [9.17, 15) is 5.11 Å². The molecule has 5 heteroatoms. The summed E-state index contributed by atoms with van der Waals surface area (Å²) in [6.45, 7) is 0. The number of phenolic OH excluding ortho intramolecular Hbond substituents is 1. The summed E-state index contributed by atoms with van der Waals surface area (Å²) in [6.07, 6.45) is 0. The smallest absolute Gasteiger partial charge is 0.375 e. The van der Waals surface area contributed by atoms with Crippen molar-refractivity contribution >= 4 is 22.0 Å². The topological polar surface area (TPSA) is 87.6 Å². The first-order chi connectivity index (χ1) is 10.2. The van der Waals surface area contributed by atoms with E-state index in [-0.39, 0.29) is 11.3 Å². The maximum absolute atomic E-state index is 9.48. The highest BCUT2D eigenvalue weighted by Crippen LogP contribution is 2.23. The van der Waals surface area contributed by atoms with Crippen LogP contribution < -0.4 is 11.0 Å². The Morgan fingerprint density at radius 1 is 1.10 bits per heavy atom. The fraction of sp³-hybridized carbons (Fsp3) is 0. The third kappa shape index (κ3) is 1.87. The molecular formula is C16H12N3O2+. The van der Waals surface area contributed by atoms with E-state index >= 15 is 0 Å². The first-order valence-electron chi connectivity index (χ1n) is 6.51. The molecule has 0 fully saturated rings. The summed E-state index contributed by atoms with van der Waals surface area (Å²) in [7, 11) is 0. The number of hydrogen-bond acceptors (Lipinski definition) is 3. The Morgan fingerprint density at radius 2 is 1.95 bits per heavy atom. The second-order valence-electron chi connectivity index (χ2n) is 4.85. The van der Waals surface area contributed by atoms with Gasteiger partial charge in [-0.1, -0.05) is 12.1 Å². The van der Waals surface area contributed by atoms with Crippen LogP contribution in [0.2, 0.25) is 0 Å². The van der Waals surface area contributed by atoms with Gasteiger partial charge >= 0.3 is 5.55 Å². The van der Waals surface area contributed by atoms with Crippen LogP contribution in [0.1, 0.15) is 0 Å². The number of aromatic nitrogens is 2. The Kier molecular flexibility index (Phi) is 2.35. The number of H-pyrrole nitrogens is 1. The maximum atomic E-state index is 9.48. The molecule has 0 aliphatic carbocycles. The summed E-state index contributed by atoms with van der Waals surface area (Å²) in [4.78, 5) is 7.75. The van der Waals surface area contributed by atoms with E-state index in [4.69, 9.17) is 9.83 Å². The number of hydrogen-bond donors (Lipinski definition) is 3. The number of aromatic amines is 1. The number of para-hydroxylation sites is 2. The molecule has 102 valence electrons. The molecule has 0 aliphatic heterocycles. The molecule has 0 atom stereocenters. The maximum Gasteiger partial charge on any atom is 0.375 e. The predicted molar refractivity (Wildman–Crippen MR) is 78.0 cm³/mol. The van der Waals surface area contributed by atoms with Gasteiger partial charge in [0.05, 0.1) is 11.0 Å². The third-order valence-corrected chi connectivity index (χ3v) is 3.43. The van der Waals surface area contributed by atoms with Crippen molar-refractivity contribution in [3.8, 4) is 17.1 Å². The van der Waals surface area contributed by atoms with E-state index in [0.29, 0.717) is 17.0 Å². The molecule has 5 nitrogen and oxygen atoms in total. The van der Waals surface area contributed by atoms with E-state index in [1.807, 2.05) is 30.3 Å². The van der Waals surface area contributed by atoms with Crippen molar-refractivity contribution < 1.29 is 14.9 Å². The highest BCUT2D eigenvalue weighted by Gasteiger charge is 2.13. The number of nitrogens with two attached hydrogens (primary N) is 1. The number of rotatable bonds is 1. The molecule has 21 heavy (non-hydrogen) atoms. The molecule has 0 saturated carbocycles. The minimum atomic E-state index is 0.141. The normalized spacial score (nSPS) is 11.2. The summed E-state index contributed by atoms with van der Waals surface area (Å²) >= 11 is 0. The van der Waals surface area contributed by atoms with Crippen LogP contribution in [0.5, 0.6) is 5.75 Å². The van der Waals surface area contributed by atoms with Crippen LogP contribution in [0.3, 0.4) is 0 Å². The Hall–Kier alpha value is -3.08. The van der Waals surface area contributed by atoms with Gasteiger partial charge in [-0.15, -0.1) is 0 Å². The molecule has 2 aromatic heterocycles. The van der Waals surface area contributed by atoms with Crippen molar-refractivity contribution in [3.63, 3.8) is 0 Å². The summed E-state index contributed by atoms with van der Waals surface area (Å²) in [6, 6.07) is 14.6. The zero-order valence-corrected chi connectivity index (χ0v) is 11.0. The lowest BCUT2D eigenvalue weighted by molar-refractivity contribution is -0.196. The van der Waals surface area contributed by atoms with Crippen LogP contribution in [0.15, 0.2) is 52.9 Å². The lowest BCUT2D eigenvalue weighted by atomic mass is 10.1. The molecule has 0 unspecified atom stereocenters. The number of nitrogens with one attached hydrogen (secondary N) is 1. The van der Waals surface area contributed by atoms with Gasteiger partial charge in [0, 0.05) is 11.5 Å². The van der Waals surface area contributed by atoms with Gasteiger partial charge in [-0.25, -0.2) is 10.4 Å². The summed E-state index contributed by atoms with van der Waals surface area (Å²) in [5, 5.41) is 16.3. The minimum absolute atomic E-state index is 0.141. The van der Waals surface area contributed by atoms with Crippen LogP contribution >= 0.6 is 0 Å². The van der Waals surface area contributed by atoms with Crippen molar-refractivity contribution in [2.75, 3.05) is 0 Å². The molecular weight excluding hydrogens is 266 g/mol. The van der Waals surface area contributed by atoms with Crippen molar-refractivity contribution in [3.05, 3.63) is 54.1 Å². The van der Waals surface area contributed by atoms with Crippen molar-refractivity contribution in [2.45, 2.75) is 0 Å². The minimum Gasteiger partial charge on any atom is -0.508 e. The van der Waals surface area contributed by atoms with Gasteiger partial charge in [-0.05, 0) is 30.3 Å². The number of aromatic hydroxyl groups is 1. The van der Waals surface area contributed by atoms with Crippen LogP contribution in [0.25, 0.3) is 33.4 Å². The lowest BCUT2D eigenvalue weighted by Gasteiger charge is -1.99. The van der Waals surface area contributed by atoms with E-state index in [1.54, 1.807) is 12.1 Å². The number of fused-ring (bicyclic) bond motifs is 2. The second kappa shape index (κ2) is 4.21. The fourth-order valence-electron chi connectivity index (χ4n) is 2.40. The van der Waals surface area contributed by atoms with Gasteiger partial charge in [0.1, 0.15) is 22.7 Å². The quantitative estimate of drug-likeness (QED) is 0.491. The van der Waals surface area contributed by atoms with E-state index in [0.717, 1.165) is 16.4 Å². The Balaban J connectivity index is 1.99. The number of phenols is 1. The van der Waals surface area contributed by atoms with Crippen LogP contribution in [-0.2, 0) is 0 Å². The van der Waals surface area contributed by atoms with Gasteiger partial charge in [0.25, 0.3) is 0 Å². The highest BCUT2D eigenvalue weighted by molar-refractivity contribution is 5.84. The predicted octanol–water partition coefficient (Wildman–Crippen LogP) is 1.34. The fourth-order valence-corrected chi connectivity index (χ4v) is 2.40. The lowest BCUT2D eigenvalue weighted by Crippen LogP contribution is -2.45. The third-order valence-electron chi connectivity index (χ3n) is 3.43.